The number of rotatable bonds is 7. The van der Waals surface area contributed by atoms with E-state index in [-0.39, 0.29) is 12.2 Å². The number of carbonyl (C=O) groups is 3. The molecule has 0 radical (unpaired) electrons. The van der Waals surface area contributed by atoms with Gasteiger partial charge < -0.3 is 9.47 Å². The summed E-state index contributed by atoms with van der Waals surface area (Å²) in [5.41, 5.74) is -0.285. The molecule has 1 aliphatic rings. The van der Waals surface area contributed by atoms with Crippen LogP contribution >= 0.6 is 0 Å². The molecule has 2 atom stereocenters. The molecular weight excluding hydrogens is 451 g/mol. The molecule has 6 nitrogen and oxygen atoms in total. The van der Waals surface area contributed by atoms with E-state index in [1.54, 1.807) is 20.8 Å². The second kappa shape index (κ2) is 10.3. The zero-order valence-electron chi connectivity index (χ0n) is 19.1. The van der Waals surface area contributed by atoms with Crippen LogP contribution in [-0.4, -0.2) is 41.1 Å². The molecule has 9 heteroatoms. The van der Waals surface area contributed by atoms with Gasteiger partial charge in [0.15, 0.2) is 11.6 Å². The van der Waals surface area contributed by atoms with Crippen LogP contribution in [0.5, 0.6) is 0 Å². The maximum absolute atomic E-state index is 14.3. The lowest BCUT2D eigenvalue weighted by Crippen LogP contribution is -2.45. The van der Waals surface area contributed by atoms with E-state index in [0.29, 0.717) is 18.6 Å². The average molecular weight is 477 g/mol. The number of nitrogens with zero attached hydrogens (tertiary/aromatic N) is 1. The van der Waals surface area contributed by atoms with E-state index in [4.69, 9.17) is 9.47 Å². The number of hydrogen-bond donors (Lipinski definition) is 0. The third kappa shape index (κ3) is 6.36. The first-order chi connectivity index (χ1) is 15.9. The van der Waals surface area contributed by atoms with Gasteiger partial charge in [-0.1, -0.05) is 30.3 Å². The van der Waals surface area contributed by atoms with Gasteiger partial charge in [-0.15, -0.1) is 0 Å². The van der Waals surface area contributed by atoms with Crippen LogP contribution in [0.25, 0.3) is 0 Å². The van der Waals surface area contributed by atoms with Crippen molar-refractivity contribution in [2.75, 3.05) is 6.61 Å². The van der Waals surface area contributed by atoms with E-state index < -0.39 is 65.8 Å². The summed E-state index contributed by atoms with van der Waals surface area (Å²) in [6, 6.07) is 9.51. The van der Waals surface area contributed by atoms with Crippen molar-refractivity contribution in [1.29, 1.82) is 0 Å². The van der Waals surface area contributed by atoms with Gasteiger partial charge in [0, 0.05) is 6.07 Å². The molecule has 1 fully saturated rings. The van der Waals surface area contributed by atoms with E-state index in [2.05, 4.69) is 0 Å². The van der Waals surface area contributed by atoms with Gasteiger partial charge in [-0.25, -0.2) is 22.9 Å². The lowest BCUT2D eigenvalue weighted by atomic mass is 9.93. The van der Waals surface area contributed by atoms with Crippen molar-refractivity contribution in [1.82, 2.24) is 4.90 Å². The van der Waals surface area contributed by atoms with E-state index >= 15 is 0 Å². The van der Waals surface area contributed by atoms with Gasteiger partial charge in [0.2, 0.25) is 5.91 Å². The predicted molar refractivity (Wildman–Crippen MR) is 116 cm³/mol. The summed E-state index contributed by atoms with van der Waals surface area (Å²) in [7, 11) is 0. The molecule has 2 aromatic carbocycles. The number of carbonyl (C=O) groups excluding carboxylic acids is 3. The molecule has 0 bridgehead atoms. The summed E-state index contributed by atoms with van der Waals surface area (Å²) in [5, 5.41) is 0. The molecule has 0 unspecified atom stereocenters. The Morgan fingerprint density at radius 1 is 1.09 bits per heavy atom. The van der Waals surface area contributed by atoms with Crippen molar-refractivity contribution in [2.45, 2.75) is 51.7 Å². The lowest BCUT2D eigenvalue weighted by molar-refractivity contribution is -0.158. The second-order valence-electron chi connectivity index (χ2n) is 9.18. The van der Waals surface area contributed by atoms with Gasteiger partial charge in [-0.2, -0.15) is 0 Å². The number of benzene rings is 2. The van der Waals surface area contributed by atoms with Crippen LogP contribution in [0, 0.1) is 23.4 Å². The van der Waals surface area contributed by atoms with Gasteiger partial charge >= 0.3 is 12.1 Å². The van der Waals surface area contributed by atoms with E-state index in [0.717, 1.165) is 10.5 Å². The monoisotopic (exact) mass is 477 g/mol. The fraction of sp³-hybridized carbons (Fsp3) is 0.400. The Hall–Kier alpha value is -3.36. The zero-order chi connectivity index (χ0) is 25.0. The van der Waals surface area contributed by atoms with Crippen molar-refractivity contribution in [2.24, 2.45) is 5.92 Å². The Kier molecular flexibility index (Phi) is 7.64. The summed E-state index contributed by atoms with van der Waals surface area (Å²) < 4.78 is 51.9. The average Bonchev–Trinajstić information content (AvgIpc) is 3.10. The molecule has 3 rings (SSSR count). The van der Waals surface area contributed by atoms with Gasteiger partial charge in [-0.05, 0) is 50.8 Å². The molecule has 0 aliphatic carbocycles. The van der Waals surface area contributed by atoms with Gasteiger partial charge in [-0.3, -0.25) is 9.59 Å². The van der Waals surface area contributed by atoms with Gasteiger partial charge in [0.25, 0.3) is 0 Å². The van der Waals surface area contributed by atoms with Crippen molar-refractivity contribution >= 4 is 18.0 Å². The molecule has 182 valence electrons. The van der Waals surface area contributed by atoms with Crippen LogP contribution in [0.15, 0.2) is 42.5 Å². The highest BCUT2D eigenvalue weighted by atomic mass is 19.2. The summed E-state index contributed by atoms with van der Waals surface area (Å²) in [6.45, 7) is 4.89. The maximum Gasteiger partial charge on any atom is 0.416 e. The number of esters is 1. The van der Waals surface area contributed by atoms with Gasteiger partial charge in [0.05, 0.1) is 18.4 Å². The van der Waals surface area contributed by atoms with Crippen LogP contribution in [0.1, 0.15) is 38.3 Å². The summed E-state index contributed by atoms with van der Waals surface area (Å²) in [6.07, 6.45) is -1.50. The van der Waals surface area contributed by atoms with Gasteiger partial charge in [0.1, 0.15) is 18.0 Å². The summed E-state index contributed by atoms with van der Waals surface area (Å²) in [5.74, 6) is -6.52. The molecule has 1 heterocycles. The molecule has 0 saturated carbocycles. The first kappa shape index (κ1) is 25.3. The third-order valence-corrected chi connectivity index (χ3v) is 5.25. The largest absolute Gasteiger partial charge is 0.460 e. The second-order valence-corrected chi connectivity index (χ2v) is 9.18. The fourth-order valence-electron chi connectivity index (χ4n) is 3.78. The minimum atomic E-state index is -1.37. The van der Waals surface area contributed by atoms with E-state index in [9.17, 15) is 27.6 Å². The molecule has 0 aromatic heterocycles. The third-order valence-electron chi connectivity index (χ3n) is 5.25. The first-order valence-electron chi connectivity index (χ1n) is 10.8. The van der Waals surface area contributed by atoms with Crippen LogP contribution in [0.3, 0.4) is 0 Å². The van der Waals surface area contributed by atoms with Crippen molar-refractivity contribution in [3.63, 3.8) is 0 Å². The Labute approximate surface area is 195 Å². The fourth-order valence-corrected chi connectivity index (χ4v) is 3.78. The molecule has 0 N–H and O–H groups in total. The SMILES string of the molecule is CC(C)(C)OC(=O)C[C@@H](Cc1cc(F)c(F)cc1F)C(=O)N1C(=O)OC[C@@H]1Cc1ccccc1. The molecule has 34 heavy (non-hydrogen) atoms. The Morgan fingerprint density at radius 3 is 2.38 bits per heavy atom. The highest BCUT2D eigenvalue weighted by Gasteiger charge is 2.42. The Balaban J connectivity index is 1.88. The number of halogens is 3. The molecule has 1 saturated heterocycles. The molecule has 2 amide bonds. The molecular formula is C25H26F3NO5. The smallest absolute Gasteiger partial charge is 0.416 e. The number of cyclic esters (lactones) is 1. The van der Waals surface area contributed by atoms with Crippen LogP contribution in [0.2, 0.25) is 0 Å². The minimum Gasteiger partial charge on any atom is -0.460 e. The maximum atomic E-state index is 14.3. The topological polar surface area (TPSA) is 72.9 Å². The van der Waals surface area contributed by atoms with Crippen molar-refractivity contribution in [3.05, 3.63) is 71.0 Å². The first-order valence-corrected chi connectivity index (χ1v) is 10.8. The number of imide groups is 1. The van der Waals surface area contributed by atoms with E-state index in [1.165, 1.54) is 0 Å². The van der Waals surface area contributed by atoms with E-state index in [1.807, 2.05) is 30.3 Å². The molecule has 0 spiro atoms. The Bertz CT molecular complexity index is 1070. The zero-order valence-corrected chi connectivity index (χ0v) is 19.1. The van der Waals surface area contributed by atoms with Crippen molar-refractivity contribution in [3.8, 4) is 0 Å². The summed E-state index contributed by atoms with van der Waals surface area (Å²) in [4.78, 5) is 39.3. The normalized spacial score (nSPS) is 16.8. The van der Waals surface area contributed by atoms with Crippen molar-refractivity contribution < 1.29 is 37.0 Å². The summed E-state index contributed by atoms with van der Waals surface area (Å²) >= 11 is 0. The molecule has 1 aliphatic heterocycles. The minimum absolute atomic E-state index is 0.0435. The lowest BCUT2D eigenvalue weighted by Gasteiger charge is -2.26. The number of ether oxygens (including phenoxy) is 2. The highest BCUT2D eigenvalue weighted by Crippen LogP contribution is 2.26. The predicted octanol–water partition coefficient (Wildman–Crippen LogP) is 4.58. The number of amides is 2. The van der Waals surface area contributed by atoms with Crippen LogP contribution in [0.4, 0.5) is 18.0 Å². The quantitative estimate of drug-likeness (QED) is 0.431. The number of hydrogen-bond acceptors (Lipinski definition) is 5. The molecule has 2 aromatic rings. The van der Waals surface area contributed by atoms with Crippen LogP contribution in [-0.2, 0) is 31.9 Å². The standard InChI is InChI=1S/C25H26F3NO5/c1-25(2,3)34-22(30)12-17(10-16-11-20(27)21(28)13-19(16)26)23(31)29-18(14-33-24(29)32)9-15-7-5-4-6-8-15/h4-8,11,13,17-18H,9-10,12,14H2,1-3H3/t17-,18+/m1/s1. The van der Waals surface area contributed by atoms with Crippen LogP contribution < -0.4 is 0 Å². The Morgan fingerprint density at radius 2 is 1.74 bits per heavy atom. The highest BCUT2D eigenvalue weighted by molar-refractivity contribution is 5.96.